The van der Waals surface area contributed by atoms with Crippen LogP contribution in [0.2, 0.25) is 0 Å². The average Bonchev–Trinajstić information content (AvgIpc) is 2.18. The third-order valence-corrected chi connectivity index (χ3v) is 1.64. The molecule has 0 unspecified atom stereocenters. The Morgan fingerprint density at radius 2 is 2.00 bits per heavy atom. The van der Waals surface area contributed by atoms with Crippen LogP contribution in [0.1, 0.15) is 6.92 Å². The van der Waals surface area contributed by atoms with Crippen molar-refractivity contribution in [3.8, 4) is 0 Å². The van der Waals surface area contributed by atoms with Crippen molar-refractivity contribution in [1.82, 2.24) is 0 Å². The standard InChI is InChI=1S/C11H11NO/c1-3-9(2)11(13)12-10-7-5-4-6-8-10/h4-8H,1H2,2H3,(H,12,13). The second-order valence-corrected chi connectivity index (χ2v) is 2.62. The fraction of sp³-hybridized carbons (Fsp3) is 0.0909. The highest BCUT2D eigenvalue weighted by Gasteiger charge is 2.01. The van der Waals surface area contributed by atoms with Crippen LogP contribution in [0, 0.1) is 0 Å². The SMILES string of the molecule is C=C=C(C)C(=O)Nc1ccccc1. The fourth-order valence-electron chi connectivity index (χ4n) is 0.827. The molecule has 0 aromatic heterocycles. The van der Waals surface area contributed by atoms with Crippen LogP contribution in [0.5, 0.6) is 0 Å². The van der Waals surface area contributed by atoms with Gasteiger partial charge in [-0.25, -0.2) is 0 Å². The van der Waals surface area contributed by atoms with E-state index >= 15 is 0 Å². The van der Waals surface area contributed by atoms with Gasteiger partial charge in [0.1, 0.15) is 0 Å². The smallest absolute Gasteiger partial charge is 0.259 e. The Hall–Kier alpha value is -1.79. The Kier molecular flexibility index (Phi) is 3.07. The van der Waals surface area contributed by atoms with Crippen LogP contribution in [0.25, 0.3) is 0 Å². The van der Waals surface area contributed by atoms with Crippen molar-refractivity contribution in [2.75, 3.05) is 5.32 Å². The van der Waals surface area contributed by atoms with Crippen molar-refractivity contribution in [2.45, 2.75) is 6.92 Å². The molecule has 1 amide bonds. The number of para-hydroxylation sites is 1. The number of hydrogen-bond donors (Lipinski definition) is 1. The number of anilines is 1. The van der Waals surface area contributed by atoms with Gasteiger partial charge in [0, 0.05) is 5.69 Å². The van der Waals surface area contributed by atoms with E-state index < -0.39 is 0 Å². The molecule has 0 aliphatic rings. The number of carbonyl (C=O) groups excluding carboxylic acids is 1. The van der Waals surface area contributed by atoms with Crippen LogP contribution in [0.3, 0.4) is 0 Å². The minimum Gasteiger partial charge on any atom is -0.322 e. The molecule has 66 valence electrons. The molecule has 13 heavy (non-hydrogen) atoms. The topological polar surface area (TPSA) is 29.1 Å². The first-order chi connectivity index (χ1) is 6.24. The third kappa shape index (κ3) is 2.62. The van der Waals surface area contributed by atoms with Gasteiger partial charge in [-0.1, -0.05) is 24.8 Å². The zero-order valence-corrected chi connectivity index (χ0v) is 7.50. The molecular weight excluding hydrogens is 162 g/mol. The maximum Gasteiger partial charge on any atom is 0.259 e. The van der Waals surface area contributed by atoms with Gasteiger partial charge in [-0.15, -0.1) is 5.73 Å². The second-order valence-electron chi connectivity index (χ2n) is 2.62. The quantitative estimate of drug-likeness (QED) is 0.540. The highest BCUT2D eigenvalue weighted by molar-refractivity contribution is 6.02. The van der Waals surface area contributed by atoms with Crippen molar-refractivity contribution in [2.24, 2.45) is 0 Å². The van der Waals surface area contributed by atoms with E-state index in [1.54, 1.807) is 6.92 Å². The first-order valence-electron chi connectivity index (χ1n) is 3.97. The number of nitrogens with one attached hydrogen (secondary N) is 1. The Labute approximate surface area is 77.6 Å². The van der Waals surface area contributed by atoms with Crippen LogP contribution in [0.15, 0.2) is 48.2 Å². The Morgan fingerprint density at radius 3 is 2.54 bits per heavy atom. The van der Waals surface area contributed by atoms with Crippen molar-refractivity contribution in [1.29, 1.82) is 0 Å². The van der Waals surface area contributed by atoms with Gasteiger partial charge >= 0.3 is 0 Å². The Morgan fingerprint density at radius 1 is 1.38 bits per heavy atom. The molecule has 0 aliphatic carbocycles. The fourth-order valence-corrected chi connectivity index (χ4v) is 0.827. The predicted molar refractivity (Wildman–Crippen MR) is 53.4 cm³/mol. The molecule has 1 rings (SSSR count). The summed E-state index contributed by atoms with van der Waals surface area (Å²) >= 11 is 0. The van der Waals surface area contributed by atoms with Gasteiger partial charge in [0.15, 0.2) is 0 Å². The van der Waals surface area contributed by atoms with E-state index in [1.165, 1.54) is 0 Å². The zero-order chi connectivity index (χ0) is 9.68. The highest BCUT2D eigenvalue weighted by Crippen LogP contribution is 2.06. The number of rotatable bonds is 2. The molecule has 2 nitrogen and oxygen atoms in total. The van der Waals surface area contributed by atoms with Crippen molar-refractivity contribution in [3.63, 3.8) is 0 Å². The molecule has 0 radical (unpaired) electrons. The van der Waals surface area contributed by atoms with E-state index in [-0.39, 0.29) is 5.91 Å². The molecule has 2 heteroatoms. The van der Waals surface area contributed by atoms with Gasteiger partial charge in [0.05, 0.1) is 5.57 Å². The largest absolute Gasteiger partial charge is 0.322 e. The summed E-state index contributed by atoms with van der Waals surface area (Å²) in [7, 11) is 0. The van der Waals surface area contributed by atoms with Gasteiger partial charge in [-0.2, -0.15) is 0 Å². The second kappa shape index (κ2) is 4.29. The van der Waals surface area contributed by atoms with Crippen molar-refractivity contribution >= 4 is 11.6 Å². The van der Waals surface area contributed by atoms with Crippen LogP contribution >= 0.6 is 0 Å². The predicted octanol–water partition coefficient (Wildman–Crippen LogP) is 2.36. The number of benzene rings is 1. The molecule has 0 saturated heterocycles. The van der Waals surface area contributed by atoms with E-state index in [1.807, 2.05) is 30.3 Å². The lowest BCUT2D eigenvalue weighted by atomic mass is 10.2. The van der Waals surface area contributed by atoms with Crippen LogP contribution in [0.4, 0.5) is 5.69 Å². The maximum absolute atomic E-state index is 11.3. The van der Waals surface area contributed by atoms with Gasteiger partial charge in [0.25, 0.3) is 5.91 Å². The summed E-state index contributed by atoms with van der Waals surface area (Å²) in [4.78, 5) is 11.3. The average molecular weight is 173 g/mol. The van der Waals surface area contributed by atoms with Gasteiger partial charge in [-0.05, 0) is 19.1 Å². The maximum atomic E-state index is 11.3. The first-order valence-corrected chi connectivity index (χ1v) is 3.97. The number of carbonyl (C=O) groups is 1. The summed E-state index contributed by atoms with van der Waals surface area (Å²) in [5.41, 5.74) is 3.81. The lowest BCUT2D eigenvalue weighted by molar-refractivity contribution is -0.112. The van der Waals surface area contributed by atoms with E-state index in [2.05, 4.69) is 17.6 Å². The van der Waals surface area contributed by atoms with E-state index in [0.717, 1.165) is 5.69 Å². The molecule has 1 aromatic carbocycles. The van der Waals surface area contributed by atoms with E-state index in [9.17, 15) is 4.79 Å². The van der Waals surface area contributed by atoms with Crippen LogP contribution in [-0.2, 0) is 4.79 Å². The first kappa shape index (κ1) is 9.30. The molecule has 0 atom stereocenters. The molecular formula is C11H11NO. The molecule has 0 spiro atoms. The van der Waals surface area contributed by atoms with Gasteiger partial charge in [0.2, 0.25) is 0 Å². The summed E-state index contributed by atoms with van der Waals surface area (Å²) in [5, 5.41) is 2.71. The van der Waals surface area contributed by atoms with Gasteiger partial charge < -0.3 is 5.32 Å². The third-order valence-electron chi connectivity index (χ3n) is 1.64. The zero-order valence-electron chi connectivity index (χ0n) is 7.50. The lowest BCUT2D eigenvalue weighted by Crippen LogP contribution is -2.11. The summed E-state index contributed by atoms with van der Waals surface area (Å²) in [6, 6.07) is 9.28. The van der Waals surface area contributed by atoms with Crippen LogP contribution < -0.4 is 5.32 Å². The Bertz CT molecular complexity index is 348. The Balaban J connectivity index is 2.71. The molecule has 0 heterocycles. The molecule has 0 bridgehead atoms. The van der Waals surface area contributed by atoms with E-state index in [4.69, 9.17) is 0 Å². The monoisotopic (exact) mass is 173 g/mol. The number of amides is 1. The minimum absolute atomic E-state index is 0.166. The van der Waals surface area contributed by atoms with Crippen molar-refractivity contribution < 1.29 is 4.79 Å². The summed E-state index contributed by atoms with van der Waals surface area (Å²) in [5.74, 6) is -0.166. The van der Waals surface area contributed by atoms with Crippen LogP contribution in [-0.4, -0.2) is 5.91 Å². The molecule has 1 aromatic rings. The van der Waals surface area contributed by atoms with Crippen molar-refractivity contribution in [3.05, 3.63) is 48.2 Å². The molecule has 0 aliphatic heterocycles. The molecule has 1 N–H and O–H groups in total. The lowest BCUT2D eigenvalue weighted by Gasteiger charge is -2.02. The summed E-state index contributed by atoms with van der Waals surface area (Å²) in [6.07, 6.45) is 0. The minimum atomic E-state index is -0.166. The summed E-state index contributed by atoms with van der Waals surface area (Å²) < 4.78 is 0. The summed E-state index contributed by atoms with van der Waals surface area (Å²) in [6.45, 7) is 5.07. The number of hydrogen-bond acceptors (Lipinski definition) is 1. The normalized spacial score (nSPS) is 8.69. The highest BCUT2D eigenvalue weighted by atomic mass is 16.1. The van der Waals surface area contributed by atoms with Gasteiger partial charge in [-0.3, -0.25) is 4.79 Å². The molecule has 0 saturated carbocycles. The van der Waals surface area contributed by atoms with E-state index in [0.29, 0.717) is 5.57 Å². The molecule has 0 fully saturated rings.